The average molecular weight is 472 g/mol. The maximum absolute atomic E-state index is 14.2. The van der Waals surface area contributed by atoms with Gasteiger partial charge < -0.3 is 18.9 Å². The molecule has 1 amide bonds. The van der Waals surface area contributed by atoms with Gasteiger partial charge in [0, 0.05) is 43.5 Å². The van der Waals surface area contributed by atoms with Crippen molar-refractivity contribution in [2.24, 2.45) is 0 Å². The molecule has 1 saturated heterocycles. The van der Waals surface area contributed by atoms with Crippen molar-refractivity contribution in [1.29, 1.82) is 0 Å². The lowest BCUT2D eigenvalue weighted by Crippen LogP contribution is -2.51. The first-order chi connectivity index (χ1) is 17.1. The second-order valence-corrected chi connectivity index (χ2v) is 8.42. The highest BCUT2D eigenvalue weighted by Crippen LogP contribution is 2.30. The Morgan fingerprint density at radius 1 is 0.914 bits per heavy atom. The molecule has 0 atom stereocenters. The molecule has 4 aromatic rings. The van der Waals surface area contributed by atoms with E-state index in [1.807, 2.05) is 60.4 Å². The quantitative estimate of drug-likeness (QED) is 0.303. The molecular weight excluding hydrogens is 445 g/mol. The van der Waals surface area contributed by atoms with Crippen LogP contribution in [0, 0.1) is 5.82 Å². The molecule has 0 N–H and O–H groups in total. The molecule has 0 bridgehead atoms. The maximum Gasteiger partial charge on any atom is 0.296 e. The van der Waals surface area contributed by atoms with Gasteiger partial charge in [-0.3, -0.25) is 9.59 Å². The lowest BCUT2D eigenvalue weighted by molar-refractivity contribution is -0.126. The second-order valence-electron chi connectivity index (χ2n) is 8.42. The Hall–Kier alpha value is -4.13. The molecule has 5 rings (SSSR count). The van der Waals surface area contributed by atoms with Crippen molar-refractivity contribution < 1.29 is 18.7 Å². The number of aromatic nitrogens is 1. The van der Waals surface area contributed by atoms with Gasteiger partial charge in [0.2, 0.25) is 0 Å². The van der Waals surface area contributed by atoms with Crippen LogP contribution in [0.5, 0.6) is 5.75 Å². The Bertz CT molecular complexity index is 1370. The Kier molecular flexibility index (Phi) is 6.23. The third kappa shape index (κ3) is 4.37. The molecule has 6 nitrogen and oxygen atoms in total. The number of fused-ring (bicyclic) bond motifs is 1. The van der Waals surface area contributed by atoms with Crippen LogP contribution in [0.4, 0.5) is 10.1 Å². The van der Waals surface area contributed by atoms with E-state index in [2.05, 4.69) is 0 Å². The van der Waals surface area contributed by atoms with Crippen molar-refractivity contribution in [2.75, 3.05) is 37.7 Å². The lowest BCUT2D eigenvalue weighted by Gasteiger charge is -2.35. The van der Waals surface area contributed by atoms with E-state index in [1.54, 1.807) is 33.7 Å². The molecule has 0 aliphatic carbocycles. The van der Waals surface area contributed by atoms with Gasteiger partial charge in [-0.1, -0.05) is 30.3 Å². The van der Waals surface area contributed by atoms with Gasteiger partial charge in [0.05, 0.1) is 12.3 Å². The summed E-state index contributed by atoms with van der Waals surface area (Å²) in [6.45, 7) is 4.10. The van der Waals surface area contributed by atoms with Crippen molar-refractivity contribution in [2.45, 2.75) is 6.92 Å². The number of rotatable bonds is 6. The number of hydrogen-bond acceptors (Lipinski definition) is 4. The topological polar surface area (TPSA) is 54.3 Å². The third-order valence-electron chi connectivity index (χ3n) is 6.33. The van der Waals surface area contributed by atoms with Crippen LogP contribution in [0.2, 0.25) is 0 Å². The van der Waals surface area contributed by atoms with Gasteiger partial charge in [0.1, 0.15) is 17.3 Å². The largest absolute Gasteiger partial charge is 0.494 e. The molecule has 0 saturated carbocycles. The molecule has 35 heavy (non-hydrogen) atoms. The van der Waals surface area contributed by atoms with Crippen molar-refractivity contribution in [3.05, 3.63) is 90.5 Å². The fourth-order valence-corrected chi connectivity index (χ4v) is 4.58. The van der Waals surface area contributed by atoms with E-state index in [0.29, 0.717) is 49.7 Å². The normalized spacial score (nSPS) is 13.8. The van der Waals surface area contributed by atoms with Gasteiger partial charge in [-0.25, -0.2) is 4.39 Å². The van der Waals surface area contributed by atoms with Crippen LogP contribution in [-0.2, 0) is 4.79 Å². The van der Waals surface area contributed by atoms with Gasteiger partial charge in [-0.2, -0.15) is 0 Å². The number of benzene rings is 2. The van der Waals surface area contributed by atoms with E-state index in [1.165, 1.54) is 6.07 Å². The van der Waals surface area contributed by atoms with Crippen LogP contribution < -0.4 is 9.64 Å². The first-order valence-corrected chi connectivity index (χ1v) is 11.7. The molecule has 1 fully saturated rings. The zero-order chi connectivity index (χ0) is 24.4. The van der Waals surface area contributed by atoms with Gasteiger partial charge in [-0.05, 0) is 55.0 Å². The fraction of sp³-hybridized carbons (Fsp3) is 0.214. The van der Waals surface area contributed by atoms with Crippen LogP contribution >= 0.6 is 0 Å². The van der Waals surface area contributed by atoms with E-state index >= 15 is 0 Å². The monoisotopic (exact) mass is 471 g/mol. The van der Waals surface area contributed by atoms with E-state index < -0.39 is 11.7 Å². The zero-order valence-electron chi connectivity index (χ0n) is 19.5. The Morgan fingerprint density at radius 3 is 2.34 bits per heavy atom. The number of Topliss-reactive ketones (excluding diaryl/α,β-unsaturated/α-hetero) is 1. The standard InChI is InChI=1S/C28H26FN3O3/c1-2-35-22-12-10-20(11-13-22)23-19-21-7-5-6-14-32(21)26(23)27(33)28(34)31-17-15-30(16-18-31)25-9-4-3-8-24(25)29/h3-14,19H,2,15-18H2,1H3. The molecule has 2 aromatic heterocycles. The number of piperazine rings is 1. The summed E-state index contributed by atoms with van der Waals surface area (Å²) < 4.78 is 21.5. The summed E-state index contributed by atoms with van der Waals surface area (Å²) in [6, 6.07) is 21.7. The highest BCUT2D eigenvalue weighted by Gasteiger charge is 2.31. The number of nitrogens with zero attached hydrogens (tertiary/aromatic N) is 3. The van der Waals surface area contributed by atoms with Crippen LogP contribution in [0.15, 0.2) is 79.0 Å². The van der Waals surface area contributed by atoms with Crippen LogP contribution in [-0.4, -0.2) is 53.8 Å². The van der Waals surface area contributed by atoms with Crippen LogP contribution in [0.1, 0.15) is 17.4 Å². The molecule has 2 aromatic carbocycles. The highest BCUT2D eigenvalue weighted by molar-refractivity contribution is 6.43. The minimum atomic E-state index is -0.556. The van der Waals surface area contributed by atoms with Crippen molar-refractivity contribution in [3.8, 4) is 16.9 Å². The molecule has 1 aliphatic rings. The Labute approximate surface area is 203 Å². The number of ketones is 1. The Balaban J connectivity index is 1.41. The van der Waals surface area contributed by atoms with Gasteiger partial charge in [0.15, 0.2) is 0 Å². The molecule has 0 unspecified atom stereocenters. The van der Waals surface area contributed by atoms with Crippen molar-refractivity contribution in [3.63, 3.8) is 0 Å². The first kappa shape index (κ1) is 22.7. The van der Waals surface area contributed by atoms with Crippen LogP contribution in [0.3, 0.4) is 0 Å². The summed E-state index contributed by atoms with van der Waals surface area (Å²) in [6.07, 6.45) is 1.80. The predicted octanol–water partition coefficient (Wildman–Crippen LogP) is 4.68. The number of para-hydroxylation sites is 1. The van der Waals surface area contributed by atoms with E-state index in [4.69, 9.17) is 4.74 Å². The summed E-state index contributed by atoms with van der Waals surface area (Å²) in [7, 11) is 0. The summed E-state index contributed by atoms with van der Waals surface area (Å²) in [5, 5.41) is 0. The molecule has 178 valence electrons. The minimum Gasteiger partial charge on any atom is -0.494 e. The second kappa shape index (κ2) is 9.62. The number of halogens is 1. The number of pyridine rings is 1. The van der Waals surface area contributed by atoms with Crippen molar-refractivity contribution in [1.82, 2.24) is 9.30 Å². The van der Waals surface area contributed by atoms with Gasteiger partial charge in [0.25, 0.3) is 11.7 Å². The van der Waals surface area contributed by atoms with Gasteiger partial charge in [-0.15, -0.1) is 0 Å². The number of carbonyl (C=O) groups excluding carboxylic acids is 2. The molecule has 3 heterocycles. The highest BCUT2D eigenvalue weighted by atomic mass is 19.1. The summed E-state index contributed by atoms with van der Waals surface area (Å²) >= 11 is 0. The predicted molar refractivity (Wildman–Crippen MR) is 134 cm³/mol. The molecule has 0 radical (unpaired) electrons. The SMILES string of the molecule is CCOc1ccc(-c2cc3ccccn3c2C(=O)C(=O)N2CCN(c3ccccc3F)CC2)cc1. The first-order valence-electron chi connectivity index (χ1n) is 11.7. The summed E-state index contributed by atoms with van der Waals surface area (Å²) in [5.74, 6) is -0.645. The van der Waals surface area contributed by atoms with Crippen molar-refractivity contribution >= 4 is 22.9 Å². The fourth-order valence-electron chi connectivity index (χ4n) is 4.58. The van der Waals surface area contributed by atoms with Gasteiger partial charge >= 0.3 is 0 Å². The number of carbonyl (C=O) groups is 2. The van der Waals surface area contributed by atoms with E-state index in [-0.39, 0.29) is 5.82 Å². The number of ether oxygens (including phenoxy) is 1. The minimum absolute atomic E-state index is 0.289. The number of amides is 1. The summed E-state index contributed by atoms with van der Waals surface area (Å²) in [5.41, 5.74) is 3.21. The molecular formula is C28H26FN3O3. The molecule has 1 aliphatic heterocycles. The lowest BCUT2D eigenvalue weighted by atomic mass is 10.0. The molecule has 7 heteroatoms. The zero-order valence-corrected chi connectivity index (χ0v) is 19.5. The van der Waals surface area contributed by atoms with E-state index in [9.17, 15) is 14.0 Å². The maximum atomic E-state index is 14.2. The van der Waals surface area contributed by atoms with Crippen LogP contribution in [0.25, 0.3) is 16.6 Å². The average Bonchev–Trinajstić information content (AvgIpc) is 3.28. The third-order valence-corrected chi connectivity index (χ3v) is 6.33. The number of hydrogen-bond donors (Lipinski definition) is 0. The molecule has 0 spiro atoms. The Morgan fingerprint density at radius 2 is 1.63 bits per heavy atom. The smallest absolute Gasteiger partial charge is 0.296 e. The number of anilines is 1. The van der Waals surface area contributed by atoms with E-state index in [0.717, 1.165) is 16.8 Å². The summed E-state index contributed by atoms with van der Waals surface area (Å²) in [4.78, 5) is 30.4.